The van der Waals surface area contributed by atoms with Crippen LogP contribution in [0.1, 0.15) is 36.0 Å². The first kappa shape index (κ1) is 16.9. The molecule has 0 aliphatic carbocycles. The Morgan fingerprint density at radius 1 is 1.00 bits per heavy atom. The molecule has 6 heteroatoms. The van der Waals surface area contributed by atoms with Crippen molar-refractivity contribution in [2.24, 2.45) is 0 Å². The Labute approximate surface area is 142 Å². The Hall–Kier alpha value is -1.95. The summed E-state index contributed by atoms with van der Waals surface area (Å²) in [6, 6.07) is 4.32. The molecule has 0 aromatic heterocycles. The van der Waals surface area contributed by atoms with E-state index >= 15 is 0 Å². The maximum absolute atomic E-state index is 12.6. The van der Waals surface area contributed by atoms with Gasteiger partial charge in [-0.25, -0.2) is 4.79 Å². The van der Waals surface area contributed by atoms with Crippen molar-refractivity contribution < 1.29 is 23.7 Å². The smallest absolute Gasteiger partial charge is 0.338 e. The number of carbonyl (C=O) groups is 1. The lowest BCUT2D eigenvalue weighted by Gasteiger charge is -2.35. The molecule has 1 unspecified atom stereocenters. The summed E-state index contributed by atoms with van der Waals surface area (Å²) in [7, 11) is 6.76. The van der Waals surface area contributed by atoms with Crippen molar-refractivity contribution in [1.82, 2.24) is 4.90 Å². The van der Waals surface area contributed by atoms with Crippen LogP contribution in [0.4, 0.5) is 0 Å². The van der Waals surface area contributed by atoms with Crippen LogP contribution in [0.15, 0.2) is 12.1 Å². The number of ether oxygens (including phenoxy) is 4. The minimum atomic E-state index is -0.344. The monoisotopic (exact) mass is 335 g/mol. The van der Waals surface area contributed by atoms with Crippen LogP contribution >= 0.6 is 0 Å². The lowest BCUT2D eigenvalue weighted by molar-refractivity contribution is -0.000509. The summed E-state index contributed by atoms with van der Waals surface area (Å²) in [5.74, 6) is 1.02. The van der Waals surface area contributed by atoms with E-state index in [1.807, 2.05) is 0 Å². The van der Waals surface area contributed by atoms with Crippen molar-refractivity contribution in [2.45, 2.75) is 43.9 Å². The van der Waals surface area contributed by atoms with E-state index < -0.39 is 0 Å². The van der Waals surface area contributed by atoms with Crippen molar-refractivity contribution in [3.63, 3.8) is 0 Å². The molecular formula is C18H25NO5. The van der Waals surface area contributed by atoms with Crippen LogP contribution in [0.3, 0.4) is 0 Å². The van der Waals surface area contributed by atoms with E-state index in [9.17, 15) is 4.79 Å². The van der Waals surface area contributed by atoms with Crippen LogP contribution in [0.25, 0.3) is 0 Å². The van der Waals surface area contributed by atoms with Gasteiger partial charge in [0, 0.05) is 24.9 Å². The SMILES string of the molecule is COc1cc(C(=O)OC2C[C@H]3CC[C@@H](C2)N3C)cc(OC)c1OC. The molecule has 2 heterocycles. The van der Waals surface area contributed by atoms with Crippen molar-refractivity contribution in [1.29, 1.82) is 0 Å². The van der Waals surface area contributed by atoms with Crippen LogP contribution < -0.4 is 14.2 Å². The summed E-state index contributed by atoms with van der Waals surface area (Å²) < 4.78 is 21.6. The largest absolute Gasteiger partial charge is 0.493 e. The van der Waals surface area contributed by atoms with Crippen molar-refractivity contribution in [2.75, 3.05) is 28.4 Å². The topological polar surface area (TPSA) is 57.2 Å². The van der Waals surface area contributed by atoms with Gasteiger partial charge >= 0.3 is 5.97 Å². The van der Waals surface area contributed by atoms with Gasteiger partial charge in [0.25, 0.3) is 0 Å². The molecule has 1 aromatic carbocycles. The van der Waals surface area contributed by atoms with Gasteiger partial charge in [0.15, 0.2) is 11.5 Å². The quantitative estimate of drug-likeness (QED) is 0.771. The molecule has 6 nitrogen and oxygen atoms in total. The van der Waals surface area contributed by atoms with Crippen LogP contribution in [-0.4, -0.2) is 57.4 Å². The van der Waals surface area contributed by atoms with E-state index in [2.05, 4.69) is 11.9 Å². The first-order valence-corrected chi connectivity index (χ1v) is 8.30. The molecule has 2 bridgehead atoms. The molecule has 24 heavy (non-hydrogen) atoms. The van der Waals surface area contributed by atoms with E-state index in [4.69, 9.17) is 18.9 Å². The van der Waals surface area contributed by atoms with Gasteiger partial charge in [-0.1, -0.05) is 0 Å². The number of benzene rings is 1. The van der Waals surface area contributed by atoms with Crippen LogP contribution in [-0.2, 0) is 4.74 Å². The van der Waals surface area contributed by atoms with Gasteiger partial charge < -0.3 is 23.8 Å². The Bertz CT molecular complexity index is 578. The zero-order chi connectivity index (χ0) is 17.3. The molecule has 0 N–H and O–H groups in total. The molecule has 2 aliphatic rings. The molecule has 0 radical (unpaired) electrons. The minimum absolute atomic E-state index is 0.0229. The summed E-state index contributed by atoms with van der Waals surface area (Å²) in [6.45, 7) is 0. The van der Waals surface area contributed by atoms with Crippen molar-refractivity contribution in [3.05, 3.63) is 17.7 Å². The van der Waals surface area contributed by atoms with Gasteiger partial charge in [0.1, 0.15) is 6.10 Å². The highest BCUT2D eigenvalue weighted by Gasteiger charge is 2.40. The normalized spacial score (nSPS) is 26.1. The Morgan fingerprint density at radius 2 is 1.54 bits per heavy atom. The van der Waals surface area contributed by atoms with Crippen molar-refractivity contribution >= 4 is 5.97 Å². The van der Waals surface area contributed by atoms with Gasteiger partial charge in [-0.3, -0.25) is 0 Å². The number of esters is 1. The molecule has 3 atom stereocenters. The van der Waals surface area contributed by atoms with Gasteiger partial charge in [-0.15, -0.1) is 0 Å². The summed E-state index contributed by atoms with van der Waals surface area (Å²) in [5.41, 5.74) is 0.413. The average Bonchev–Trinajstić information content (AvgIpc) is 2.81. The second-order valence-corrected chi connectivity index (χ2v) is 6.46. The molecule has 0 amide bonds. The predicted molar refractivity (Wildman–Crippen MR) is 89.1 cm³/mol. The Kier molecular flexibility index (Phi) is 4.85. The van der Waals surface area contributed by atoms with Gasteiger partial charge in [-0.2, -0.15) is 0 Å². The zero-order valence-electron chi connectivity index (χ0n) is 14.7. The minimum Gasteiger partial charge on any atom is -0.493 e. The standard InChI is InChI=1S/C18H25NO5/c1-19-12-5-6-13(19)10-14(9-12)24-18(20)11-7-15(21-2)17(23-4)16(8-11)22-3/h7-8,12-14H,5-6,9-10H2,1-4H3/t12-,13+,14?. The fourth-order valence-corrected chi connectivity index (χ4v) is 3.88. The third-order valence-corrected chi connectivity index (χ3v) is 5.23. The Balaban J connectivity index is 1.75. The number of rotatable bonds is 5. The van der Waals surface area contributed by atoms with E-state index in [1.54, 1.807) is 12.1 Å². The lowest BCUT2D eigenvalue weighted by Crippen LogP contribution is -2.43. The number of piperidine rings is 1. The molecule has 2 aliphatic heterocycles. The highest BCUT2D eigenvalue weighted by Crippen LogP contribution is 2.39. The molecular weight excluding hydrogens is 310 g/mol. The average molecular weight is 335 g/mol. The molecule has 132 valence electrons. The van der Waals surface area contributed by atoms with Gasteiger partial charge in [0.2, 0.25) is 5.75 Å². The third-order valence-electron chi connectivity index (χ3n) is 5.23. The van der Waals surface area contributed by atoms with E-state index in [-0.39, 0.29) is 12.1 Å². The number of hydrogen-bond donors (Lipinski definition) is 0. The maximum Gasteiger partial charge on any atom is 0.338 e. The first-order valence-electron chi connectivity index (χ1n) is 8.30. The van der Waals surface area contributed by atoms with Crippen molar-refractivity contribution in [3.8, 4) is 17.2 Å². The van der Waals surface area contributed by atoms with Gasteiger partial charge in [-0.05, 0) is 32.0 Å². The predicted octanol–water partition coefficient (Wildman–Crippen LogP) is 2.49. The fraction of sp³-hybridized carbons (Fsp3) is 0.611. The molecule has 0 saturated carbocycles. The number of hydrogen-bond acceptors (Lipinski definition) is 6. The summed E-state index contributed by atoms with van der Waals surface area (Å²) in [4.78, 5) is 15.0. The van der Waals surface area contributed by atoms with Crippen LogP contribution in [0.5, 0.6) is 17.2 Å². The summed E-state index contributed by atoms with van der Waals surface area (Å²) >= 11 is 0. The molecule has 1 aromatic rings. The second kappa shape index (κ2) is 6.89. The number of fused-ring (bicyclic) bond motifs is 2. The second-order valence-electron chi connectivity index (χ2n) is 6.46. The summed E-state index contributed by atoms with van der Waals surface area (Å²) in [5, 5.41) is 0. The fourth-order valence-electron chi connectivity index (χ4n) is 3.88. The number of methoxy groups -OCH3 is 3. The van der Waals surface area contributed by atoms with E-state index in [1.165, 1.54) is 34.2 Å². The zero-order valence-corrected chi connectivity index (χ0v) is 14.7. The molecule has 2 saturated heterocycles. The third kappa shape index (κ3) is 3.02. The highest BCUT2D eigenvalue weighted by molar-refractivity contribution is 5.91. The first-order chi connectivity index (χ1) is 11.6. The lowest BCUT2D eigenvalue weighted by atomic mass is 10.0. The molecule has 2 fully saturated rings. The Morgan fingerprint density at radius 3 is 2.00 bits per heavy atom. The van der Waals surface area contributed by atoms with Crippen LogP contribution in [0.2, 0.25) is 0 Å². The highest BCUT2D eigenvalue weighted by atomic mass is 16.5. The van der Waals surface area contributed by atoms with E-state index in [0.717, 1.165) is 12.8 Å². The molecule has 0 spiro atoms. The van der Waals surface area contributed by atoms with Gasteiger partial charge in [0.05, 0.1) is 26.9 Å². The molecule has 3 rings (SSSR count). The number of nitrogens with zero attached hydrogens (tertiary/aromatic N) is 1. The van der Waals surface area contributed by atoms with E-state index in [0.29, 0.717) is 34.9 Å². The summed E-state index contributed by atoms with van der Waals surface area (Å²) in [6.07, 6.45) is 4.18. The maximum atomic E-state index is 12.6. The van der Waals surface area contributed by atoms with Crippen LogP contribution in [0, 0.1) is 0 Å². The number of carbonyl (C=O) groups excluding carboxylic acids is 1.